The third-order valence-electron chi connectivity index (χ3n) is 8.44. The maximum absolute atomic E-state index is 14.3. The van der Waals surface area contributed by atoms with Crippen molar-refractivity contribution in [1.82, 2.24) is 19.7 Å². The normalized spacial score (nSPS) is 27.5. The van der Waals surface area contributed by atoms with Gasteiger partial charge in [0, 0.05) is 50.3 Å². The minimum absolute atomic E-state index is 0.108. The molecule has 3 aromatic rings. The number of alkyl halides is 2. The summed E-state index contributed by atoms with van der Waals surface area (Å²) in [5.41, 5.74) is 2.36. The highest BCUT2D eigenvalue weighted by molar-refractivity contribution is 5.91. The summed E-state index contributed by atoms with van der Waals surface area (Å²) >= 11 is 0. The van der Waals surface area contributed by atoms with Gasteiger partial charge in [-0.15, -0.1) is 0 Å². The molecule has 3 heterocycles. The van der Waals surface area contributed by atoms with Crippen LogP contribution in [-0.2, 0) is 4.74 Å². The van der Waals surface area contributed by atoms with Crippen molar-refractivity contribution in [3.05, 3.63) is 51.9 Å². The second-order valence-corrected chi connectivity index (χ2v) is 10.8. The van der Waals surface area contributed by atoms with Crippen molar-refractivity contribution in [3.63, 3.8) is 0 Å². The van der Waals surface area contributed by atoms with Gasteiger partial charge in [-0.05, 0) is 55.5 Å². The first kappa shape index (κ1) is 24.1. The Hall–Kier alpha value is -3.29. The van der Waals surface area contributed by atoms with Crippen molar-refractivity contribution >= 4 is 22.4 Å². The van der Waals surface area contributed by atoms with Gasteiger partial charge in [0.2, 0.25) is 5.92 Å². The Labute approximate surface area is 213 Å². The van der Waals surface area contributed by atoms with Crippen molar-refractivity contribution < 1.29 is 13.5 Å². The van der Waals surface area contributed by atoms with Crippen LogP contribution < -0.4 is 10.9 Å². The number of nitriles is 1. The number of rotatable bonds is 6. The molecule has 8 nitrogen and oxygen atoms in total. The van der Waals surface area contributed by atoms with Gasteiger partial charge in [-0.25, -0.2) is 8.78 Å². The van der Waals surface area contributed by atoms with Crippen LogP contribution in [0.25, 0.3) is 10.9 Å². The average Bonchev–Trinajstić information content (AvgIpc) is 3.19. The lowest BCUT2D eigenvalue weighted by Crippen LogP contribution is -2.27. The van der Waals surface area contributed by atoms with Crippen LogP contribution in [-0.4, -0.2) is 45.8 Å². The van der Waals surface area contributed by atoms with Crippen LogP contribution in [0.4, 0.5) is 20.3 Å². The molecule has 1 aliphatic heterocycles. The fourth-order valence-electron chi connectivity index (χ4n) is 6.59. The lowest BCUT2D eigenvalue weighted by molar-refractivity contribution is -0.0220. The molecule has 10 heteroatoms. The Bertz CT molecular complexity index is 1450. The molecule has 3 unspecified atom stereocenters. The number of aryl methyl sites for hydroxylation is 1. The molecule has 1 spiro atoms. The number of hydrogen-bond acceptors (Lipinski definition) is 6. The summed E-state index contributed by atoms with van der Waals surface area (Å²) in [5.74, 6) is -3.22. The number of pyridine rings is 1. The summed E-state index contributed by atoms with van der Waals surface area (Å²) in [6.07, 6.45) is 3.46. The van der Waals surface area contributed by atoms with Crippen molar-refractivity contribution in [1.29, 1.82) is 5.26 Å². The van der Waals surface area contributed by atoms with E-state index in [0.717, 1.165) is 42.7 Å². The van der Waals surface area contributed by atoms with Crippen LogP contribution in [0, 0.1) is 29.6 Å². The smallest absolute Gasteiger partial charge is 0.261 e. The summed E-state index contributed by atoms with van der Waals surface area (Å²) in [7, 11) is 1.72. The van der Waals surface area contributed by atoms with E-state index in [1.54, 1.807) is 17.9 Å². The Morgan fingerprint density at radius 2 is 2.05 bits per heavy atom. The van der Waals surface area contributed by atoms with Crippen LogP contribution in [0.2, 0.25) is 0 Å². The second kappa shape index (κ2) is 8.64. The number of halogens is 2. The number of benzene rings is 1. The number of methoxy groups -OCH3 is 1. The van der Waals surface area contributed by atoms with E-state index in [0.29, 0.717) is 23.1 Å². The van der Waals surface area contributed by atoms with Gasteiger partial charge < -0.3 is 15.0 Å². The molecule has 1 aromatic carbocycles. The Balaban J connectivity index is 1.33. The number of nitrogens with zero attached hydrogens (tertiary/aromatic N) is 4. The lowest BCUT2D eigenvalue weighted by Gasteiger charge is -2.27. The van der Waals surface area contributed by atoms with Crippen LogP contribution >= 0.6 is 0 Å². The predicted octanol–water partition coefficient (Wildman–Crippen LogP) is 5.02. The molecule has 1 saturated heterocycles. The molecule has 2 aliphatic carbocycles. The van der Waals surface area contributed by atoms with Gasteiger partial charge in [0.15, 0.2) is 5.82 Å². The monoisotopic (exact) mass is 508 g/mol. The van der Waals surface area contributed by atoms with E-state index < -0.39 is 23.7 Å². The summed E-state index contributed by atoms with van der Waals surface area (Å²) in [6.45, 7) is 4.04. The second-order valence-electron chi connectivity index (χ2n) is 10.8. The van der Waals surface area contributed by atoms with E-state index >= 15 is 0 Å². The average molecular weight is 509 g/mol. The minimum atomic E-state index is -2.86. The molecule has 3 aliphatic rings. The summed E-state index contributed by atoms with van der Waals surface area (Å²) in [4.78, 5) is 17.9. The zero-order valence-corrected chi connectivity index (χ0v) is 20.9. The minimum Gasteiger partial charge on any atom is -0.362 e. The molecular weight excluding hydrogens is 478 g/mol. The number of aromatic nitrogens is 3. The maximum Gasteiger partial charge on any atom is 0.261 e. The van der Waals surface area contributed by atoms with Gasteiger partial charge in [0.25, 0.3) is 5.56 Å². The number of likely N-dealkylation sites (tertiary alicyclic amines) is 1. The fraction of sp³-hybridized carbons (Fsp3) is 0.519. The van der Waals surface area contributed by atoms with Crippen molar-refractivity contribution in [2.45, 2.75) is 57.2 Å². The first-order valence-electron chi connectivity index (χ1n) is 12.8. The maximum atomic E-state index is 14.3. The van der Waals surface area contributed by atoms with Gasteiger partial charge in [0.1, 0.15) is 11.6 Å². The highest BCUT2D eigenvalue weighted by Gasteiger charge is 2.70. The molecular formula is C27H30F2N6O2. The molecule has 2 aromatic heterocycles. The standard InChI is InChI=1S/C27H30F2N6O2/c1-16-11-18(5-6-19(16)25(37-2)34-9-3-4-10-34)32-23-22-20(7-8-31-24(22)36)35(33-23)21-13-26(21)15-27(28,29)12-17(26)14-30/h5-8,11,17,21,25H,3-4,9-10,12-13,15H2,1-2H3,(H,31,36)(H,32,33)/t17-,21?,25?,26?/m0/s1. The predicted molar refractivity (Wildman–Crippen MR) is 135 cm³/mol. The van der Waals surface area contributed by atoms with Gasteiger partial charge in [0.05, 0.1) is 23.5 Å². The highest BCUT2D eigenvalue weighted by atomic mass is 19.3. The number of anilines is 2. The van der Waals surface area contributed by atoms with Crippen LogP contribution in [0.3, 0.4) is 0 Å². The molecule has 0 amide bonds. The molecule has 0 bridgehead atoms. The van der Waals surface area contributed by atoms with E-state index in [-0.39, 0.29) is 24.2 Å². The largest absolute Gasteiger partial charge is 0.362 e. The molecule has 6 rings (SSSR count). The molecule has 3 fully saturated rings. The molecule has 0 radical (unpaired) electrons. The number of ether oxygens (including phenoxy) is 1. The summed E-state index contributed by atoms with van der Waals surface area (Å²) < 4.78 is 36.0. The molecule has 194 valence electrons. The van der Waals surface area contributed by atoms with Gasteiger partial charge in [-0.1, -0.05) is 6.07 Å². The first-order valence-corrected chi connectivity index (χ1v) is 12.8. The Morgan fingerprint density at radius 1 is 1.27 bits per heavy atom. The molecule has 4 atom stereocenters. The van der Waals surface area contributed by atoms with E-state index in [1.165, 1.54) is 6.20 Å². The zero-order valence-electron chi connectivity index (χ0n) is 20.9. The van der Waals surface area contributed by atoms with Crippen LogP contribution in [0.5, 0.6) is 0 Å². The van der Waals surface area contributed by atoms with Crippen molar-refractivity contribution in [2.24, 2.45) is 11.3 Å². The Kier molecular flexibility index (Phi) is 5.62. The number of hydrogen-bond donors (Lipinski definition) is 2. The van der Waals surface area contributed by atoms with Crippen LogP contribution in [0.15, 0.2) is 35.3 Å². The van der Waals surface area contributed by atoms with Crippen molar-refractivity contribution in [3.8, 4) is 6.07 Å². The van der Waals surface area contributed by atoms with Gasteiger partial charge in [-0.2, -0.15) is 10.4 Å². The van der Waals surface area contributed by atoms with Gasteiger partial charge in [-0.3, -0.25) is 14.4 Å². The Morgan fingerprint density at radius 3 is 2.76 bits per heavy atom. The molecule has 37 heavy (non-hydrogen) atoms. The van der Waals surface area contributed by atoms with E-state index in [9.17, 15) is 18.8 Å². The topological polar surface area (TPSA) is 99.0 Å². The number of aromatic amines is 1. The van der Waals surface area contributed by atoms with E-state index in [1.807, 2.05) is 25.1 Å². The van der Waals surface area contributed by atoms with E-state index in [2.05, 4.69) is 21.3 Å². The quantitative estimate of drug-likeness (QED) is 0.485. The number of nitrogens with one attached hydrogen (secondary N) is 2. The summed E-state index contributed by atoms with van der Waals surface area (Å²) in [6, 6.07) is 9.46. The van der Waals surface area contributed by atoms with Crippen LogP contribution in [0.1, 0.15) is 55.5 Å². The number of H-pyrrole nitrogens is 1. The lowest BCUT2D eigenvalue weighted by atomic mass is 9.93. The number of fused-ring (bicyclic) bond motifs is 1. The molecule has 2 saturated carbocycles. The summed E-state index contributed by atoms with van der Waals surface area (Å²) in [5, 5.41) is 17.9. The first-order chi connectivity index (χ1) is 17.8. The zero-order chi connectivity index (χ0) is 25.9. The fourth-order valence-corrected chi connectivity index (χ4v) is 6.59. The highest BCUT2D eigenvalue weighted by Crippen LogP contribution is 2.71. The van der Waals surface area contributed by atoms with Crippen molar-refractivity contribution in [2.75, 3.05) is 25.5 Å². The molecule has 2 N–H and O–H groups in total. The SMILES string of the molecule is COC(c1ccc(Nc2nn(C3CC34CC(F)(F)C[C@H]4C#N)c3cc[nH]c(=O)c23)cc1C)N1CCCC1. The van der Waals surface area contributed by atoms with E-state index in [4.69, 9.17) is 9.84 Å². The third kappa shape index (κ3) is 3.92. The third-order valence-corrected chi connectivity index (χ3v) is 8.44. The van der Waals surface area contributed by atoms with Gasteiger partial charge >= 0.3 is 0 Å².